The fourth-order valence-corrected chi connectivity index (χ4v) is 11.7. The van der Waals surface area contributed by atoms with Crippen LogP contribution in [0.5, 0.6) is 0 Å². The zero-order chi connectivity index (χ0) is 55.7. The Morgan fingerprint density at radius 2 is 0.705 bits per heavy atom. The minimum absolute atomic E-state index is 0.105. The monoisotopic (exact) mass is 1110 g/mol. The van der Waals surface area contributed by atoms with Gasteiger partial charge in [-0.15, -0.1) is 0 Å². The number of unbranched alkanes of at least 4 members (excludes halogenated alkanes) is 20. The Labute approximate surface area is 466 Å². The standard InChI is InChI=1S/C24H42O6.2C18H30O6/c1-3-5-7-9-11-13-15-20-26-18-24(30-20)23(25)22-19(17-27-24)28-21(29-22)16-14-12-10-8-6-4-2;1-4-5-6-7-8-9-10-14-20-12-18(23-14)16(19)15-13(11-21-18)22-17(2,3)24-15;1-4-5-6-7-8-9-10-14-22-13-11-20-18(16(19)15(13)23-14)12-21-17(2,3)24-18/h19-22H,3-18H2,1-2H3;2*13-15H,4-12H2,1-3H3. The third kappa shape index (κ3) is 17.5. The Morgan fingerprint density at radius 1 is 0.346 bits per heavy atom. The van der Waals surface area contributed by atoms with E-state index in [2.05, 4.69) is 27.7 Å². The average Bonchev–Trinajstić information content (AvgIpc) is 4.46. The van der Waals surface area contributed by atoms with Crippen LogP contribution in [0.25, 0.3) is 0 Å². The molecule has 13 atom stereocenters. The lowest BCUT2D eigenvalue weighted by molar-refractivity contribution is -0.263. The summed E-state index contributed by atoms with van der Waals surface area (Å²) in [6.07, 6.45) is 28.3. The molecular formula is C60H102O18. The molecule has 9 saturated heterocycles. The van der Waals surface area contributed by atoms with Gasteiger partial charge < -0.3 is 71.1 Å². The summed E-state index contributed by atoms with van der Waals surface area (Å²) in [6.45, 7) is 17.3. The van der Waals surface area contributed by atoms with Crippen LogP contribution < -0.4 is 0 Å². The molecule has 78 heavy (non-hydrogen) atoms. The second-order valence-electron chi connectivity index (χ2n) is 23.9. The minimum Gasteiger partial charge on any atom is -0.346 e. The quantitative estimate of drug-likeness (QED) is 0.0672. The molecule has 3 spiro atoms. The van der Waals surface area contributed by atoms with Crippen LogP contribution in [0.15, 0.2) is 0 Å². The first-order valence-electron chi connectivity index (χ1n) is 31.0. The normalized spacial score (nSPS) is 36.2. The van der Waals surface area contributed by atoms with Crippen LogP contribution >= 0.6 is 0 Å². The van der Waals surface area contributed by atoms with E-state index in [0.717, 1.165) is 51.4 Å². The Bertz CT molecular complexity index is 1780. The molecule has 18 nitrogen and oxygen atoms in total. The van der Waals surface area contributed by atoms with Crippen LogP contribution in [0.2, 0.25) is 0 Å². The van der Waals surface area contributed by atoms with Gasteiger partial charge in [-0.25, -0.2) is 0 Å². The van der Waals surface area contributed by atoms with Gasteiger partial charge in [0.05, 0.1) is 19.8 Å². The van der Waals surface area contributed by atoms with Crippen molar-refractivity contribution in [3.8, 4) is 0 Å². The molecule has 9 heterocycles. The second-order valence-corrected chi connectivity index (χ2v) is 23.9. The summed E-state index contributed by atoms with van der Waals surface area (Å²) < 4.78 is 86.9. The first-order chi connectivity index (χ1) is 37.6. The van der Waals surface area contributed by atoms with Crippen molar-refractivity contribution in [2.24, 2.45) is 0 Å². The molecule has 0 aromatic carbocycles. The maximum absolute atomic E-state index is 13.1. The summed E-state index contributed by atoms with van der Waals surface area (Å²) in [5, 5.41) is 0. The molecule has 0 amide bonds. The number of carbonyl (C=O) groups is 3. The van der Waals surface area contributed by atoms with Gasteiger partial charge in [-0.3, -0.25) is 14.4 Å². The lowest BCUT2D eigenvalue weighted by Crippen LogP contribution is -2.58. The SMILES string of the molecule is CCCCCCCCC1OC2COC3(COC(C)(C)O3)C(=O)C2O1.CCCCCCCCC1OC2COC3(COC(CCCCCCCC)O3)C(=O)C2O1.CCCCCCCCC1OCC2(OCC3OC(C)(C)OC3C2=O)O1. The van der Waals surface area contributed by atoms with E-state index >= 15 is 0 Å². The van der Waals surface area contributed by atoms with E-state index in [1.807, 2.05) is 0 Å². The van der Waals surface area contributed by atoms with Gasteiger partial charge in [0.1, 0.15) is 38.1 Å². The highest BCUT2D eigenvalue weighted by Crippen LogP contribution is 2.43. The number of ether oxygens (including phenoxy) is 15. The number of fused-ring (bicyclic) bond motifs is 3. The number of ketones is 3. The van der Waals surface area contributed by atoms with E-state index < -0.39 is 47.2 Å². The molecule has 13 unspecified atom stereocenters. The highest BCUT2D eigenvalue weighted by Gasteiger charge is 2.63. The molecule has 450 valence electrons. The predicted octanol–water partition coefficient (Wildman–Crippen LogP) is 11.1. The van der Waals surface area contributed by atoms with Crippen molar-refractivity contribution in [1.82, 2.24) is 0 Å². The van der Waals surface area contributed by atoms with Crippen molar-refractivity contribution in [1.29, 1.82) is 0 Å². The van der Waals surface area contributed by atoms with Crippen molar-refractivity contribution in [3.05, 3.63) is 0 Å². The van der Waals surface area contributed by atoms with Gasteiger partial charge in [0, 0.05) is 0 Å². The van der Waals surface area contributed by atoms with Crippen molar-refractivity contribution < 1.29 is 85.4 Å². The van der Waals surface area contributed by atoms with E-state index in [0.29, 0.717) is 13.2 Å². The Kier molecular flexibility index (Phi) is 25.3. The highest BCUT2D eigenvalue weighted by molar-refractivity contribution is 5.93. The minimum atomic E-state index is -1.33. The summed E-state index contributed by atoms with van der Waals surface area (Å²) in [5.41, 5.74) is 0. The van der Waals surface area contributed by atoms with Crippen LogP contribution in [-0.4, -0.2) is 148 Å². The predicted molar refractivity (Wildman–Crippen MR) is 287 cm³/mol. The van der Waals surface area contributed by atoms with E-state index in [4.69, 9.17) is 71.1 Å². The molecule has 0 saturated carbocycles. The second kappa shape index (κ2) is 30.8. The van der Waals surface area contributed by atoms with Gasteiger partial charge in [-0.2, -0.15) is 0 Å². The third-order valence-electron chi connectivity index (χ3n) is 16.2. The summed E-state index contributed by atoms with van der Waals surface area (Å²) in [5.74, 6) is -6.12. The topological polar surface area (TPSA) is 190 Å². The molecule has 9 aliphatic rings. The molecule has 9 fully saturated rings. The molecule has 0 radical (unpaired) electrons. The van der Waals surface area contributed by atoms with Crippen LogP contribution in [0.1, 0.15) is 235 Å². The van der Waals surface area contributed by atoms with Crippen LogP contribution in [-0.2, 0) is 85.4 Å². The van der Waals surface area contributed by atoms with Crippen molar-refractivity contribution in [2.75, 3.05) is 39.6 Å². The number of carbonyl (C=O) groups excluding carboxylic acids is 3. The van der Waals surface area contributed by atoms with Crippen LogP contribution in [0.3, 0.4) is 0 Å². The zero-order valence-electron chi connectivity index (χ0n) is 49.2. The largest absolute Gasteiger partial charge is 0.346 e. The Hall–Kier alpha value is -1.59. The number of hydrogen-bond acceptors (Lipinski definition) is 18. The van der Waals surface area contributed by atoms with Crippen LogP contribution in [0, 0.1) is 0 Å². The van der Waals surface area contributed by atoms with Gasteiger partial charge >= 0.3 is 0 Å². The molecule has 0 bridgehead atoms. The molecule has 0 aromatic heterocycles. The lowest BCUT2D eigenvalue weighted by atomic mass is 9.99. The maximum Gasteiger partial charge on any atom is 0.258 e. The van der Waals surface area contributed by atoms with Gasteiger partial charge in [0.2, 0.25) is 17.3 Å². The smallest absolute Gasteiger partial charge is 0.258 e. The van der Waals surface area contributed by atoms with Gasteiger partial charge in [-0.05, 0) is 79.1 Å². The summed E-state index contributed by atoms with van der Waals surface area (Å²) >= 11 is 0. The summed E-state index contributed by atoms with van der Waals surface area (Å²) in [7, 11) is 0. The molecule has 9 aliphatic heterocycles. The van der Waals surface area contributed by atoms with E-state index in [-0.39, 0.29) is 87.2 Å². The lowest BCUT2D eigenvalue weighted by Gasteiger charge is -2.35. The van der Waals surface area contributed by atoms with E-state index in [1.54, 1.807) is 27.7 Å². The highest BCUT2D eigenvalue weighted by atomic mass is 16.9. The zero-order valence-corrected chi connectivity index (χ0v) is 49.2. The molecular weight excluding hydrogens is 1010 g/mol. The van der Waals surface area contributed by atoms with Crippen molar-refractivity contribution >= 4 is 17.3 Å². The van der Waals surface area contributed by atoms with Gasteiger partial charge in [-0.1, -0.05) is 156 Å². The fourth-order valence-electron chi connectivity index (χ4n) is 11.7. The maximum atomic E-state index is 13.1. The molecule has 0 aliphatic carbocycles. The van der Waals surface area contributed by atoms with Crippen molar-refractivity contribution in [3.63, 3.8) is 0 Å². The fraction of sp³-hybridized carbons (Fsp3) is 0.950. The molecule has 0 aromatic rings. The van der Waals surface area contributed by atoms with Crippen molar-refractivity contribution in [2.45, 2.75) is 326 Å². The average molecular weight is 1110 g/mol. The van der Waals surface area contributed by atoms with Crippen LogP contribution in [0.4, 0.5) is 0 Å². The Balaban J connectivity index is 0.000000171. The van der Waals surface area contributed by atoms with Gasteiger partial charge in [0.15, 0.2) is 55.0 Å². The first-order valence-corrected chi connectivity index (χ1v) is 31.0. The van der Waals surface area contributed by atoms with Gasteiger partial charge in [0.25, 0.3) is 17.4 Å². The molecule has 18 heteroatoms. The van der Waals surface area contributed by atoms with E-state index in [1.165, 1.54) is 128 Å². The summed E-state index contributed by atoms with van der Waals surface area (Å²) in [4.78, 5) is 38.6. The first kappa shape index (κ1) is 64.0. The third-order valence-corrected chi connectivity index (χ3v) is 16.2. The molecule has 0 N–H and O–H groups in total. The number of rotatable bonds is 28. The number of Topliss-reactive ketones (excluding diaryl/α,β-unsaturated/α-hetero) is 3. The summed E-state index contributed by atoms with van der Waals surface area (Å²) in [6, 6.07) is 0. The number of hydrogen-bond donors (Lipinski definition) is 0. The molecule has 9 rings (SSSR count). The van der Waals surface area contributed by atoms with E-state index in [9.17, 15) is 14.4 Å². The Morgan fingerprint density at radius 3 is 1.12 bits per heavy atom.